The molecule has 0 bridgehead atoms. The molecule has 6 nitrogen and oxygen atoms in total. The number of rotatable bonds is 7. The highest BCUT2D eigenvalue weighted by molar-refractivity contribution is 7.89. The Morgan fingerprint density at radius 3 is 2.06 bits per heavy atom. The predicted octanol–water partition coefficient (Wildman–Crippen LogP) is 4.70. The number of halogens is 6. The Labute approximate surface area is 199 Å². The van der Waals surface area contributed by atoms with Crippen molar-refractivity contribution in [2.75, 3.05) is 44.3 Å². The van der Waals surface area contributed by atoms with Crippen molar-refractivity contribution >= 4 is 15.7 Å². The smallest absolute Gasteiger partial charge is 0.422 e. The van der Waals surface area contributed by atoms with E-state index in [4.69, 9.17) is 0 Å². The quantitative estimate of drug-likeness (QED) is 0.490. The second kappa shape index (κ2) is 10.1. The summed E-state index contributed by atoms with van der Waals surface area (Å²) in [6.07, 6.45) is -9.43. The summed E-state index contributed by atoms with van der Waals surface area (Å²) in [5.41, 5.74) is 3.06. The summed E-state index contributed by atoms with van der Waals surface area (Å²) in [5.74, 6) is -1.09. The van der Waals surface area contributed by atoms with E-state index in [1.54, 1.807) is 0 Å². The molecule has 0 saturated carbocycles. The molecule has 2 aromatic rings. The lowest BCUT2D eigenvalue weighted by molar-refractivity contribution is -0.154. The van der Waals surface area contributed by atoms with Gasteiger partial charge in [-0.1, -0.05) is 12.1 Å². The molecule has 0 aliphatic carbocycles. The number of hydrogen-bond acceptors (Lipinski definition) is 5. The first kappa shape index (κ1) is 26.9. The van der Waals surface area contributed by atoms with Gasteiger partial charge in [-0.15, -0.1) is 0 Å². The summed E-state index contributed by atoms with van der Waals surface area (Å²) in [6, 6.07) is 8.29. The average molecular weight is 526 g/mol. The van der Waals surface area contributed by atoms with Crippen LogP contribution in [-0.2, 0) is 10.0 Å². The Morgan fingerprint density at radius 1 is 0.857 bits per heavy atom. The van der Waals surface area contributed by atoms with Crippen LogP contribution in [0, 0.1) is 13.8 Å². The zero-order chi connectivity index (χ0) is 26.0. The molecule has 0 amide bonds. The summed E-state index contributed by atoms with van der Waals surface area (Å²) in [7, 11) is -4.41. The van der Waals surface area contributed by atoms with Crippen LogP contribution in [0.5, 0.6) is 11.5 Å². The molecular formula is C22H24F6N2O4S. The SMILES string of the molecule is Cc1cccc(N2CCN(S(=O)(=O)c3cc(OCC(F)(F)F)ccc3OCC(F)(F)F)CC2)c1C. The molecule has 0 aromatic heterocycles. The van der Waals surface area contributed by atoms with Gasteiger partial charge in [0, 0.05) is 37.9 Å². The van der Waals surface area contributed by atoms with Crippen LogP contribution in [0.1, 0.15) is 11.1 Å². The molecule has 13 heteroatoms. The van der Waals surface area contributed by atoms with Gasteiger partial charge in [-0.2, -0.15) is 30.6 Å². The maximum Gasteiger partial charge on any atom is 0.422 e. The van der Waals surface area contributed by atoms with E-state index >= 15 is 0 Å². The first-order valence-electron chi connectivity index (χ1n) is 10.5. The monoisotopic (exact) mass is 526 g/mol. The van der Waals surface area contributed by atoms with Crippen LogP contribution in [0.15, 0.2) is 41.3 Å². The first-order valence-corrected chi connectivity index (χ1v) is 12.0. The van der Waals surface area contributed by atoms with Crippen LogP contribution in [0.25, 0.3) is 0 Å². The molecule has 1 saturated heterocycles. The molecule has 3 rings (SSSR count). The Kier molecular flexibility index (Phi) is 7.80. The number of nitrogens with zero attached hydrogens (tertiary/aromatic N) is 2. The van der Waals surface area contributed by atoms with Gasteiger partial charge in [0.05, 0.1) is 0 Å². The molecule has 35 heavy (non-hydrogen) atoms. The number of benzene rings is 2. The van der Waals surface area contributed by atoms with E-state index in [-0.39, 0.29) is 13.1 Å². The number of piperazine rings is 1. The van der Waals surface area contributed by atoms with E-state index in [0.29, 0.717) is 13.1 Å². The largest absolute Gasteiger partial charge is 0.484 e. The molecule has 0 unspecified atom stereocenters. The summed E-state index contributed by atoms with van der Waals surface area (Å²) in [6.45, 7) is 1.10. The second-order valence-corrected chi connectivity index (χ2v) is 9.93. The molecule has 0 spiro atoms. The number of anilines is 1. The van der Waals surface area contributed by atoms with Gasteiger partial charge in [0.2, 0.25) is 10.0 Å². The number of aryl methyl sites for hydroxylation is 1. The van der Waals surface area contributed by atoms with E-state index in [1.165, 1.54) is 0 Å². The van der Waals surface area contributed by atoms with Crippen LogP contribution in [0.4, 0.5) is 32.0 Å². The molecule has 1 aliphatic rings. The Hall–Kier alpha value is -2.67. The molecular weight excluding hydrogens is 502 g/mol. The molecule has 2 aromatic carbocycles. The fourth-order valence-electron chi connectivity index (χ4n) is 3.61. The third-order valence-electron chi connectivity index (χ3n) is 5.48. The summed E-state index contributed by atoms with van der Waals surface area (Å²) < 4.78 is 113. The van der Waals surface area contributed by atoms with Crippen LogP contribution >= 0.6 is 0 Å². The third kappa shape index (κ3) is 6.94. The highest BCUT2D eigenvalue weighted by atomic mass is 32.2. The van der Waals surface area contributed by atoms with Gasteiger partial charge in [0.25, 0.3) is 0 Å². The molecule has 1 heterocycles. The van der Waals surface area contributed by atoms with Crippen molar-refractivity contribution in [2.24, 2.45) is 0 Å². The molecule has 1 aliphatic heterocycles. The highest BCUT2D eigenvalue weighted by Gasteiger charge is 2.35. The fraction of sp³-hybridized carbons (Fsp3) is 0.455. The van der Waals surface area contributed by atoms with E-state index in [0.717, 1.165) is 39.3 Å². The van der Waals surface area contributed by atoms with Crippen molar-refractivity contribution in [3.05, 3.63) is 47.5 Å². The maximum atomic E-state index is 13.3. The van der Waals surface area contributed by atoms with Crippen molar-refractivity contribution in [3.63, 3.8) is 0 Å². The van der Waals surface area contributed by atoms with Gasteiger partial charge in [-0.25, -0.2) is 8.42 Å². The Balaban J connectivity index is 1.85. The van der Waals surface area contributed by atoms with Gasteiger partial charge in [0.15, 0.2) is 13.2 Å². The summed E-state index contributed by atoms with van der Waals surface area (Å²) in [4.78, 5) is 1.31. The lowest BCUT2D eigenvalue weighted by Crippen LogP contribution is -2.49. The zero-order valence-corrected chi connectivity index (χ0v) is 19.7. The number of hydrogen-bond donors (Lipinski definition) is 0. The van der Waals surface area contributed by atoms with Gasteiger partial charge in [-0.05, 0) is 43.2 Å². The molecule has 0 radical (unpaired) electrons. The van der Waals surface area contributed by atoms with E-state index in [1.807, 2.05) is 36.9 Å². The van der Waals surface area contributed by atoms with Crippen molar-refractivity contribution in [1.29, 1.82) is 0 Å². The summed E-state index contributed by atoms with van der Waals surface area (Å²) >= 11 is 0. The molecule has 0 atom stereocenters. The van der Waals surface area contributed by atoms with Crippen LogP contribution in [0.3, 0.4) is 0 Å². The first-order chi connectivity index (χ1) is 16.2. The minimum absolute atomic E-state index is 0.0159. The van der Waals surface area contributed by atoms with Gasteiger partial charge in [-0.3, -0.25) is 0 Å². The lowest BCUT2D eigenvalue weighted by Gasteiger charge is -2.36. The van der Waals surface area contributed by atoms with Crippen molar-refractivity contribution < 1.29 is 44.2 Å². The lowest BCUT2D eigenvalue weighted by atomic mass is 10.1. The van der Waals surface area contributed by atoms with E-state index in [9.17, 15) is 34.8 Å². The number of sulfonamides is 1. The maximum absolute atomic E-state index is 13.3. The minimum atomic E-state index is -4.75. The third-order valence-corrected chi connectivity index (χ3v) is 7.40. The van der Waals surface area contributed by atoms with Crippen LogP contribution in [-0.4, -0.2) is 64.5 Å². The van der Waals surface area contributed by atoms with Crippen LogP contribution < -0.4 is 14.4 Å². The molecule has 0 N–H and O–H groups in total. The topological polar surface area (TPSA) is 59.1 Å². The van der Waals surface area contributed by atoms with Crippen LogP contribution in [0.2, 0.25) is 0 Å². The second-order valence-electron chi connectivity index (χ2n) is 8.03. The van der Waals surface area contributed by atoms with Gasteiger partial charge < -0.3 is 14.4 Å². The fourth-order valence-corrected chi connectivity index (χ4v) is 5.18. The van der Waals surface area contributed by atoms with Crippen molar-refractivity contribution in [1.82, 2.24) is 4.31 Å². The standard InChI is InChI=1S/C22H24F6N2O4S/c1-15-4-3-5-18(16(15)2)29-8-10-30(11-9-29)35(31,32)20-12-17(33-13-21(23,24)25)6-7-19(20)34-14-22(26,27)28/h3-7,12H,8-11,13-14H2,1-2H3. The zero-order valence-electron chi connectivity index (χ0n) is 18.9. The van der Waals surface area contributed by atoms with E-state index < -0.39 is 52.0 Å². The minimum Gasteiger partial charge on any atom is -0.484 e. The predicted molar refractivity (Wildman–Crippen MR) is 116 cm³/mol. The average Bonchev–Trinajstić information content (AvgIpc) is 2.77. The normalized spacial score (nSPS) is 15.8. The molecule has 1 fully saturated rings. The summed E-state index contributed by atoms with van der Waals surface area (Å²) in [5, 5.41) is 0. The van der Waals surface area contributed by atoms with Crippen molar-refractivity contribution in [2.45, 2.75) is 31.1 Å². The number of ether oxygens (including phenoxy) is 2. The Bertz CT molecular complexity index is 1140. The van der Waals surface area contributed by atoms with Gasteiger partial charge in [0.1, 0.15) is 16.4 Å². The molecule has 194 valence electrons. The van der Waals surface area contributed by atoms with E-state index in [2.05, 4.69) is 9.47 Å². The Morgan fingerprint density at radius 2 is 1.46 bits per heavy atom. The van der Waals surface area contributed by atoms with Gasteiger partial charge >= 0.3 is 12.4 Å². The highest BCUT2D eigenvalue weighted by Crippen LogP contribution is 2.34. The van der Waals surface area contributed by atoms with Crippen molar-refractivity contribution in [3.8, 4) is 11.5 Å². The number of alkyl halides is 6.